The lowest BCUT2D eigenvalue weighted by Crippen LogP contribution is -2.25. The van der Waals surface area contributed by atoms with Crippen LogP contribution in [0.25, 0.3) is 10.2 Å². The van der Waals surface area contributed by atoms with Crippen LogP contribution in [0.4, 0.5) is 11.8 Å². The minimum atomic E-state index is 0.368. The molecular formula is C16H24N4S. The van der Waals surface area contributed by atoms with Crippen LogP contribution in [-0.4, -0.2) is 16.0 Å². The number of anilines is 2. The molecule has 0 amide bonds. The number of nitrogens with one attached hydrogen (secondary N) is 1. The number of nitrogens with zero attached hydrogens (tertiary/aromatic N) is 2. The molecular weight excluding hydrogens is 280 g/mol. The fourth-order valence-corrected chi connectivity index (χ4v) is 4.45. The summed E-state index contributed by atoms with van der Waals surface area (Å²) in [6, 6.07) is 2.70. The van der Waals surface area contributed by atoms with Gasteiger partial charge in [0.1, 0.15) is 10.6 Å². The summed E-state index contributed by atoms with van der Waals surface area (Å²) in [5.41, 5.74) is 5.88. The third-order valence-electron chi connectivity index (χ3n) is 4.88. The van der Waals surface area contributed by atoms with Crippen LogP contribution in [0.15, 0.2) is 6.07 Å². The Hall–Kier alpha value is -1.36. The van der Waals surface area contributed by atoms with Gasteiger partial charge in [-0.1, -0.05) is 27.2 Å². The zero-order chi connectivity index (χ0) is 15.0. The van der Waals surface area contributed by atoms with Crippen LogP contribution in [0.1, 0.15) is 44.9 Å². The Morgan fingerprint density at radius 3 is 2.81 bits per heavy atom. The van der Waals surface area contributed by atoms with E-state index in [1.807, 2.05) is 0 Å². The summed E-state index contributed by atoms with van der Waals surface area (Å²) in [6.45, 7) is 6.81. The quantitative estimate of drug-likeness (QED) is 0.893. The monoisotopic (exact) mass is 304 g/mol. The number of aromatic nitrogens is 2. The number of nitrogens with two attached hydrogens (primary N) is 1. The van der Waals surface area contributed by atoms with E-state index >= 15 is 0 Å². The van der Waals surface area contributed by atoms with Crippen molar-refractivity contribution in [2.45, 2.75) is 52.5 Å². The summed E-state index contributed by atoms with van der Waals surface area (Å²) in [5, 5.41) is 4.78. The lowest BCUT2D eigenvalue weighted by molar-refractivity contribution is 0.391. The van der Waals surface area contributed by atoms with Gasteiger partial charge in [0.15, 0.2) is 0 Å². The first-order valence-electron chi connectivity index (χ1n) is 7.94. The van der Waals surface area contributed by atoms with Gasteiger partial charge in [-0.15, -0.1) is 11.3 Å². The number of thiophene rings is 1. The second kappa shape index (κ2) is 5.79. The van der Waals surface area contributed by atoms with Gasteiger partial charge in [-0.25, -0.2) is 4.98 Å². The average molecular weight is 304 g/mol. The summed E-state index contributed by atoms with van der Waals surface area (Å²) in [4.78, 5) is 11.2. The molecule has 3 N–H and O–H groups in total. The van der Waals surface area contributed by atoms with Crippen molar-refractivity contribution in [1.29, 1.82) is 0 Å². The van der Waals surface area contributed by atoms with Gasteiger partial charge in [0, 0.05) is 10.9 Å². The second-order valence-corrected chi connectivity index (χ2v) is 7.19. The molecule has 0 aliphatic heterocycles. The van der Waals surface area contributed by atoms with Crippen molar-refractivity contribution in [3.8, 4) is 0 Å². The zero-order valence-corrected chi connectivity index (χ0v) is 13.8. The Balaban J connectivity index is 1.91. The standard InChI is InChI=1S/C16H24N4S/c1-4-10-6-7-13(9(10)3)18-14-12-8-11(5-2)21-15(12)20-16(17)19-14/h8-10,13H,4-7H2,1-3H3,(H3,17,18,19,20). The first-order valence-corrected chi connectivity index (χ1v) is 8.76. The first-order chi connectivity index (χ1) is 10.1. The third kappa shape index (κ3) is 2.71. The van der Waals surface area contributed by atoms with Gasteiger partial charge in [-0.3, -0.25) is 0 Å². The second-order valence-electron chi connectivity index (χ2n) is 6.07. The van der Waals surface area contributed by atoms with Crippen LogP contribution >= 0.6 is 11.3 Å². The average Bonchev–Trinajstić information content (AvgIpc) is 3.03. The molecule has 4 nitrogen and oxygen atoms in total. The molecule has 1 aliphatic rings. The van der Waals surface area contributed by atoms with E-state index in [0.29, 0.717) is 17.9 Å². The maximum atomic E-state index is 5.88. The van der Waals surface area contributed by atoms with Crippen molar-refractivity contribution < 1.29 is 0 Å². The minimum absolute atomic E-state index is 0.368. The molecule has 0 radical (unpaired) electrons. The van der Waals surface area contributed by atoms with E-state index in [9.17, 15) is 0 Å². The van der Waals surface area contributed by atoms with Crippen LogP contribution in [-0.2, 0) is 6.42 Å². The zero-order valence-electron chi connectivity index (χ0n) is 13.0. The molecule has 2 aromatic rings. The number of nitrogen functional groups attached to an aromatic ring is 1. The molecule has 0 bridgehead atoms. The van der Waals surface area contributed by atoms with Crippen LogP contribution in [0.5, 0.6) is 0 Å². The van der Waals surface area contributed by atoms with Crippen LogP contribution in [0.2, 0.25) is 0 Å². The number of rotatable bonds is 4. The highest BCUT2D eigenvalue weighted by Gasteiger charge is 2.32. The van der Waals surface area contributed by atoms with Crippen molar-refractivity contribution in [2.75, 3.05) is 11.1 Å². The number of fused-ring (bicyclic) bond motifs is 1. The van der Waals surface area contributed by atoms with Gasteiger partial charge in [-0.05, 0) is 37.2 Å². The molecule has 1 aliphatic carbocycles. The summed E-state index contributed by atoms with van der Waals surface area (Å²) in [6.07, 6.45) is 4.82. The van der Waals surface area contributed by atoms with Crippen molar-refractivity contribution >= 4 is 33.3 Å². The Bertz CT molecular complexity index is 636. The molecule has 1 fully saturated rings. The first kappa shape index (κ1) is 14.6. The molecule has 0 aromatic carbocycles. The van der Waals surface area contributed by atoms with Crippen molar-refractivity contribution in [1.82, 2.24) is 9.97 Å². The highest BCUT2D eigenvalue weighted by molar-refractivity contribution is 7.18. The number of hydrogen-bond donors (Lipinski definition) is 2. The van der Waals surface area contributed by atoms with Crippen LogP contribution in [0.3, 0.4) is 0 Å². The number of hydrogen-bond acceptors (Lipinski definition) is 5. The molecule has 2 heterocycles. The summed E-state index contributed by atoms with van der Waals surface area (Å²) in [5.74, 6) is 2.80. The predicted molar refractivity (Wildman–Crippen MR) is 90.8 cm³/mol. The van der Waals surface area contributed by atoms with Gasteiger partial charge in [0.25, 0.3) is 0 Å². The van der Waals surface area contributed by atoms with Gasteiger partial charge in [0.2, 0.25) is 5.95 Å². The van der Waals surface area contributed by atoms with Gasteiger partial charge in [-0.2, -0.15) is 4.98 Å². The summed E-state index contributed by atoms with van der Waals surface area (Å²) < 4.78 is 0. The SMILES string of the molecule is CCc1cc2c(NC3CCC(CC)C3C)nc(N)nc2s1. The summed E-state index contributed by atoms with van der Waals surface area (Å²) >= 11 is 1.72. The van der Waals surface area contributed by atoms with E-state index < -0.39 is 0 Å². The van der Waals surface area contributed by atoms with E-state index in [1.165, 1.54) is 24.1 Å². The van der Waals surface area contributed by atoms with Crippen LogP contribution in [0, 0.1) is 11.8 Å². The molecule has 3 rings (SSSR count). The van der Waals surface area contributed by atoms with Gasteiger partial charge < -0.3 is 11.1 Å². The molecule has 5 heteroatoms. The Morgan fingerprint density at radius 1 is 1.33 bits per heavy atom. The maximum Gasteiger partial charge on any atom is 0.223 e. The maximum absolute atomic E-state index is 5.88. The van der Waals surface area contributed by atoms with E-state index in [2.05, 4.69) is 42.1 Å². The number of aryl methyl sites for hydroxylation is 1. The fraction of sp³-hybridized carbons (Fsp3) is 0.625. The third-order valence-corrected chi connectivity index (χ3v) is 6.06. The topological polar surface area (TPSA) is 63.8 Å². The van der Waals surface area contributed by atoms with Crippen LogP contribution < -0.4 is 11.1 Å². The van der Waals surface area contributed by atoms with Gasteiger partial charge in [0.05, 0.1) is 5.39 Å². The molecule has 0 saturated heterocycles. The summed E-state index contributed by atoms with van der Waals surface area (Å²) in [7, 11) is 0. The Labute approximate surface area is 130 Å². The molecule has 3 atom stereocenters. The molecule has 3 unspecified atom stereocenters. The van der Waals surface area contributed by atoms with Crippen molar-refractivity contribution in [2.24, 2.45) is 11.8 Å². The van der Waals surface area contributed by atoms with E-state index in [-0.39, 0.29) is 0 Å². The lowest BCUT2D eigenvalue weighted by atomic mass is 9.93. The van der Waals surface area contributed by atoms with Crippen molar-refractivity contribution in [3.63, 3.8) is 0 Å². The molecule has 21 heavy (non-hydrogen) atoms. The molecule has 2 aromatic heterocycles. The highest BCUT2D eigenvalue weighted by atomic mass is 32.1. The lowest BCUT2D eigenvalue weighted by Gasteiger charge is -2.21. The smallest absolute Gasteiger partial charge is 0.223 e. The largest absolute Gasteiger partial charge is 0.368 e. The van der Waals surface area contributed by atoms with E-state index in [4.69, 9.17) is 5.73 Å². The van der Waals surface area contributed by atoms with Crippen molar-refractivity contribution in [3.05, 3.63) is 10.9 Å². The highest BCUT2D eigenvalue weighted by Crippen LogP contribution is 2.37. The van der Waals surface area contributed by atoms with Gasteiger partial charge >= 0.3 is 0 Å². The molecule has 114 valence electrons. The Morgan fingerprint density at radius 2 is 2.14 bits per heavy atom. The Kier molecular flexibility index (Phi) is 4.02. The minimum Gasteiger partial charge on any atom is -0.368 e. The molecule has 1 saturated carbocycles. The fourth-order valence-electron chi connectivity index (χ4n) is 3.48. The predicted octanol–water partition coefficient (Wildman–Crippen LogP) is 4.07. The molecule has 0 spiro atoms. The van der Waals surface area contributed by atoms with E-state index in [1.54, 1.807) is 11.3 Å². The normalized spacial score (nSPS) is 25.6. The van der Waals surface area contributed by atoms with E-state index in [0.717, 1.165) is 28.4 Å².